The lowest BCUT2D eigenvalue weighted by Crippen LogP contribution is -2.42. The third-order valence-corrected chi connectivity index (χ3v) is 3.82. The van der Waals surface area contributed by atoms with Crippen molar-refractivity contribution in [2.24, 2.45) is 5.92 Å². The quantitative estimate of drug-likeness (QED) is 0.797. The van der Waals surface area contributed by atoms with E-state index in [1.807, 2.05) is 0 Å². The van der Waals surface area contributed by atoms with Crippen molar-refractivity contribution in [1.29, 1.82) is 0 Å². The lowest BCUT2D eigenvalue weighted by atomic mass is 9.90. The third kappa shape index (κ3) is 4.86. The Labute approximate surface area is 125 Å². The van der Waals surface area contributed by atoms with Crippen molar-refractivity contribution in [3.05, 3.63) is 24.3 Å². The van der Waals surface area contributed by atoms with Crippen LogP contribution in [0.1, 0.15) is 33.1 Å². The molecule has 21 heavy (non-hydrogen) atoms. The average molecular weight is 289 g/mol. The minimum absolute atomic E-state index is 0.0218. The molecule has 0 bridgehead atoms. The predicted octanol–water partition coefficient (Wildman–Crippen LogP) is 2.36. The highest BCUT2D eigenvalue weighted by Gasteiger charge is 2.23. The third-order valence-electron chi connectivity index (χ3n) is 3.82. The molecule has 1 heterocycles. The normalized spacial score (nSPS) is 21.6. The molecule has 0 aromatic heterocycles. The van der Waals surface area contributed by atoms with E-state index in [-0.39, 0.29) is 17.9 Å². The molecule has 1 aliphatic heterocycles. The Balaban J connectivity index is 1.85. The fraction of sp³-hybridized carbons (Fsp3) is 0.500. The molecule has 1 aliphatic rings. The maximum atomic E-state index is 12.1. The molecule has 3 N–H and O–H groups in total. The first-order valence-electron chi connectivity index (χ1n) is 7.45. The van der Waals surface area contributed by atoms with Crippen LogP contribution in [0, 0.1) is 5.92 Å². The van der Waals surface area contributed by atoms with Crippen LogP contribution < -0.4 is 16.0 Å². The Bertz CT molecular complexity index is 499. The molecule has 2 unspecified atom stereocenters. The van der Waals surface area contributed by atoms with E-state index in [9.17, 15) is 9.59 Å². The second-order valence-electron chi connectivity index (χ2n) is 5.69. The highest BCUT2D eigenvalue weighted by Crippen LogP contribution is 2.19. The van der Waals surface area contributed by atoms with Gasteiger partial charge >= 0.3 is 0 Å². The first kappa shape index (κ1) is 15.5. The van der Waals surface area contributed by atoms with Gasteiger partial charge in [-0.25, -0.2) is 0 Å². The summed E-state index contributed by atoms with van der Waals surface area (Å²) in [5, 5.41) is 9.00. The number of carbonyl (C=O) groups is 2. The van der Waals surface area contributed by atoms with Gasteiger partial charge in [-0.05, 0) is 49.6 Å². The lowest BCUT2D eigenvalue weighted by molar-refractivity contribution is -0.117. The molecular formula is C16H23N3O2. The summed E-state index contributed by atoms with van der Waals surface area (Å²) in [6.45, 7) is 4.65. The number of nitrogens with one attached hydrogen (secondary N) is 3. The first-order chi connectivity index (χ1) is 10.0. The number of amides is 2. The van der Waals surface area contributed by atoms with Crippen LogP contribution in [0.3, 0.4) is 0 Å². The molecule has 2 rings (SSSR count). The molecule has 1 aromatic carbocycles. The topological polar surface area (TPSA) is 70.2 Å². The molecule has 0 spiro atoms. The molecule has 5 nitrogen and oxygen atoms in total. The molecule has 0 radical (unpaired) electrons. The highest BCUT2D eigenvalue weighted by molar-refractivity contribution is 5.92. The molecular weight excluding hydrogens is 266 g/mol. The number of carbonyl (C=O) groups excluding carboxylic acids is 2. The van der Waals surface area contributed by atoms with Crippen LogP contribution in [0.2, 0.25) is 0 Å². The summed E-state index contributed by atoms with van der Waals surface area (Å²) in [7, 11) is 0. The number of rotatable bonds is 4. The van der Waals surface area contributed by atoms with Gasteiger partial charge in [0.15, 0.2) is 0 Å². The second-order valence-corrected chi connectivity index (χ2v) is 5.69. The second kappa shape index (κ2) is 7.22. The van der Waals surface area contributed by atoms with Gasteiger partial charge in [0.25, 0.3) is 0 Å². The maximum absolute atomic E-state index is 12.1. The number of hydrogen-bond acceptors (Lipinski definition) is 3. The van der Waals surface area contributed by atoms with Gasteiger partial charge in [-0.1, -0.05) is 6.92 Å². The monoisotopic (exact) mass is 289 g/mol. The summed E-state index contributed by atoms with van der Waals surface area (Å²) >= 11 is 0. The number of benzene rings is 1. The summed E-state index contributed by atoms with van der Waals surface area (Å²) in [6, 6.07) is 7.40. The van der Waals surface area contributed by atoms with Gasteiger partial charge in [-0.3, -0.25) is 9.59 Å². The first-order valence-corrected chi connectivity index (χ1v) is 7.45. The van der Waals surface area contributed by atoms with Crippen molar-refractivity contribution in [1.82, 2.24) is 5.32 Å². The minimum atomic E-state index is -0.107. The predicted molar refractivity (Wildman–Crippen MR) is 84.2 cm³/mol. The van der Waals surface area contributed by atoms with Gasteiger partial charge in [0, 0.05) is 30.8 Å². The number of anilines is 2. The Morgan fingerprint density at radius 3 is 2.38 bits per heavy atom. The van der Waals surface area contributed by atoms with Gasteiger partial charge < -0.3 is 16.0 Å². The Kier molecular flexibility index (Phi) is 5.33. The van der Waals surface area contributed by atoms with Crippen LogP contribution in [0.5, 0.6) is 0 Å². The van der Waals surface area contributed by atoms with Gasteiger partial charge in [0.2, 0.25) is 11.8 Å². The van der Waals surface area contributed by atoms with Gasteiger partial charge in [-0.2, -0.15) is 0 Å². The smallest absolute Gasteiger partial charge is 0.225 e. The highest BCUT2D eigenvalue weighted by atomic mass is 16.2. The molecule has 1 saturated heterocycles. The Morgan fingerprint density at radius 1 is 1.19 bits per heavy atom. The Hall–Kier alpha value is -1.88. The molecule has 0 aliphatic carbocycles. The van der Waals surface area contributed by atoms with E-state index < -0.39 is 0 Å². The van der Waals surface area contributed by atoms with Crippen molar-refractivity contribution in [2.75, 3.05) is 17.2 Å². The van der Waals surface area contributed by atoms with Crippen molar-refractivity contribution >= 4 is 23.2 Å². The summed E-state index contributed by atoms with van der Waals surface area (Å²) in [5.74, 6) is 0.448. The van der Waals surface area contributed by atoms with Crippen LogP contribution in [0.4, 0.5) is 11.4 Å². The summed E-state index contributed by atoms with van der Waals surface area (Å²) in [6.07, 6.45) is 2.86. The summed E-state index contributed by atoms with van der Waals surface area (Å²) < 4.78 is 0. The Morgan fingerprint density at radius 2 is 1.81 bits per heavy atom. The van der Waals surface area contributed by atoms with E-state index in [4.69, 9.17) is 0 Å². The van der Waals surface area contributed by atoms with E-state index in [1.165, 1.54) is 19.8 Å². The van der Waals surface area contributed by atoms with E-state index >= 15 is 0 Å². The van der Waals surface area contributed by atoms with Crippen LogP contribution >= 0.6 is 0 Å². The summed E-state index contributed by atoms with van der Waals surface area (Å²) in [4.78, 5) is 23.0. The van der Waals surface area contributed by atoms with Crippen molar-refractivity contribution < 1.29 is 9.59 Å². The molecule has 5 heteroatoms. The van der Waals surface area contributed by atoms with Crippen molar-refractivity contribution in [3.63, 3.8) is 0 Å². The van der Waals surface area contributed by atoms with Crippen LogP contribution in [-0.2, 0) is 9.59 Å². The maximum Gasteiger partial charge on any atom is 0.225 e. The minimum Gasteiger partial charge on any atom is -0.326 e. The van der Waals surface area contributed by atoms with E-state index in [0.717, 1.165) is 17.9 Å². The molecule has 2 amide bonds. The SMILES string of the molecule is CC(=O)Nc1ccc(NC(=O)CC2NCCCC2C)cc1. The number of hydrogen-bond donors (Lipinski definition) is 3. The van der Waals surface area contributed by atoms with E-state index in [1.54, 1.807) is 24.3 Å². The average Bonchev–Trinajstić information content (AvgIpc) is 2.43. The zero-order valence-corrected chi connectivity index (χ0v) is 12.6. The van der Waals surface area contributed by atoms with Crippen LogP contribution in [0.15, 0.2) is 24.3 Å². The van der Waals surface area contributed by atoms with E-state index in [2.05, 4.69) is 22.9 Å². The van der Waals surface area contributed by atoms with Crippen LogP contribution in [-0.4, -0.2) is 24.4 Å². The van der Waals surface area contributed by atoms with Crippen molar-refractivity contribution in [3.8, 4) is 0 Å². The molecule has 1 aromatic rings. The van der Waals surface area contributed by atoms with Crippen LogP contribution in [0.25, 0.3) is 0 Å². The largest absolute Gasteiger partial charge is 0.326 e. The zero-order chi connectivity index (χ0) is 15.2. The standard InChI is InChI=1S/C16H23N3O2/c1-11-4-3-9-17-15(11)10-16(21)19-14-7-5-13(6-8-14)18-12(2)20/h5-8,11,15,17H,3-4,9-10H2,1-2H3,(H,18,20)(H,19,21). The lowest BCUT2D eigenvalue weighted by Gasteiger charge is -2.29. The molecule has 1 fully saturated rings. The van der Waals surface area contributed by atoms with Gasteiger partial charge in [0.05, 0.1) is 0 Å². The van der Waals surface area contributed by atoms with Crippen molar-refractivity contribution in [2.45, 2.75) is 39.2 Å². The number of piperidine rings is 1. The molecule has 2 atom stereocenters. The summed E-state index contributed by atoms with van der Waals surface area (Å²) in [5.41, 5.74) is 1.47. The zero-order valence-electron chi connectivity index (χ0n) is 12.6. The van der Waals surface area contributed by atoms with Gasteiger partial charge in [-0.15, -0.1) is 0 Å². The molecule has 0 saturated carbocycles. The molecule has 114 valence electrons. The van der Waals surface area contributed by atoms with E-state index in [0.29, 0.717) is 12.3 Å². The fourth-order valence-electron chi connectivity index (χ4n) is 2.64. The van der Waals surface area contributed by atoms with Gasteiger partial charge in [0.1, 0.15) is 0 Å². The fourth-order valence-corrected chi connectivity index (χ4v) is 2.64.